The fraction of sp³-hybridized carbons (Fsp3) is 0.231. The molecule has 0 aliphatic heterocycles. The molecule has 0 amide bonds. The molecule has 0 unspecified atom stereocenters. The van der Waals surface area contributed by atoms with Gasteiger partial charge >= 0.3 is 0 Å². The lowest BCUT2D eigenvalue weighted by atomic mass is 10.4. The predicted octanol–water partition coefficient (Wildman–Crippen LogP) is 3.60. The number of hydrogen-bond acceptors (Lipinski definition) is 0. The molecule has 0 aromatic heterocycles. The minimum atomic E-state index is -0.712. The Bertz CT molecular complexity index is 348. The van der Waals surface area contributed by atoms with Crippen LogP contribution in [0.1, 0.15) is 0 Å². The number of benzene rings is 1. The minimum absolute atomic E-state index is 0.616. The molecule has 1 aliphatic carbocycles. The van der Waals surface area contributed by atoms with Gasteiger partial charge in [-0.05, 0) is 17.4 Å². The first-order chi connectivity index (χ1) is 6.71. The Morgan fingerprint density at radius 2 is 1.50 bits per heavy atom. The second-order valence-corrected chi connectivity index (χ2v) is 7.78. The van der Waals surface area contributed by atoms with Crippen LogP contribution in [0.2, 0.25) is 0 Å². The Balaban J connectivity index is 2.32. The van der Waals surface area contributed by atoms with Crippen LogP contribution in [-0.4, -0.2) is 17.8 Å². The lowest BCUT2D eigenvalue weighted by Gasteiger charge is -2.36. The van der Waals surface area contributed by atoms with Crippen LogP contribution < -0.4 is 0 Å². The van der Waals surface area contributed by atoms with Crippen molar-refractivity contribution < 1.29 is 0 Å². The maximum absolute atomic E-state index is 2.38. The highest BCUT2D eigenvalue weighted by Crippen LogP contribution is 2.54. The van der Waals surface area contributed by atoms with E-state index >= 15 is 0 Å². The first-order valence-corrected chi connectivity index (χ1v) is 7.35. The van der Waals surface area contributed by atoms with Crippen LogP contribution in [0.15, 0.2) is 59.5 Å². The molecule has 0 atom stereocenters. The van der Waals surface area contributed by atoms with Crippen molar-refractivity contribution in [1.29, 1.82) is 0 Å². The van der Waals surface area contributed by atoms with Crippen molar-refractivity contribution in [3.05, 3.63) is 54.6 Å². The summed E-state index contributed by atoms with van der Waals surface area (Å²) in [5.41, 5.74) is 0. The van der Waals surface area contributed by atoms with Crippen LogP contribution in [0.4, 0.5) is 0 Å². The lowest BCUT2D eigenvalue weighted by molar-refractivity contribution is 1.35. The summed E-state index contributed by atoms with van der Waals surface area (Å²) in [5.74, 6) is 0. The average molecular weight is 204 g/mol. The van der Waals surface area contributed by atoms with Crippen molar-refractivity contribution in [3.63, 3.8) is 0 Å². The zero-order valence-corrected chi connectivity index (χ0v) is 9.50. The van der Waals surface area contributed by atoms with E-state index in [4.69, 9.17) is 0 Å². The molecule has 0 spiro atoms. The van der Waals surface area contributed by atoms with Gasteiger partial charge in [0.25, 0.3) is 0 Å². The largest absolute Gasteiger partial charge is 0.210 e. The first kappa shape index (κ1) is 9.60. The Labute approximate surface area is 87.7 Å². The SMILES string of the molecule is CS(C)(c1ccccc1)C1C=CC=C1. The van der Waals surface area contributed by atoms with Crippen LogP contribution in [0.3, 0.4) is 0 Å². The zero-order chi connectivity index (χ0) is 10.0. The van der Waals surface area contributed by atoms with Gasteiger partial charge in [-0.1, -0.05) is 54.6 Å². The highest BCUT2D eigenvalue weighted by atomic mass is 32.3. The zero-order valence-electron chi connectivity index (χ0n) is 8.68. The summed E-state index contributed by atoms with van der Waals surface area (Å²) in [4.78, 5) is 1.49. The second-order valence-electron chi connectivity index (χ2n) is 3.95. The van der Waals surface area contributed by atoms with Gasteiger partial charge in [-0.2, -0.15) is 0 Å². The monoisotopic (exact) mass is 204 g/mol. The molecule has 2 rings (SSSR count). The Hall–Kier alpha value is -0.950. The fourth-order valence-corrected chi connectivity index (χ4v) is 3.87. The van der Waals surface area contributed by atoms with Crippen molar-refractivity contribution >= 4 is 10.0 Å². The summed E-state index contributed by atoms with van der Waals surface area (Å²) < 4.78 is 0. The Morgan fingerprint density at radius 1 is 0.929 bits per heavy atom. The molecule has 1 aromatic rings. The average Bonchev–Trinajstić information content (AvgIpc) is 2.72. The summed E-state index contributed by atoms with van der Waals surface area (Å²) in [7, 11) is -0.712. The van der Waals surface area contributed by atoms with Gasteiger partial charge in [-0.3, -0.25) is 0 Å². The van der Waals surface area contributed by atoms with Gasteiger partial charge in [0.05, 0.1) is 0 Å². The van der Waals surface area contributed by atoms with Gasteiger partial charge in [0, 0.05) is 5.25 Å². The number of allylic oxidation sites excluding steroid dienone is 2. The topological polar surface area (TPSA) is 0 Å². The third-order valence-corrected chi connectivity index (χ3v) is 5.91. The van der Waals surface area contributed by atoms with E-state index in [-0.39, 0.29) is 0 Å². The maximum atomic E-state index is 2.38. The normalized spacial score (nSPS) is 17.6. The van der Waals surface area contributed by atoms with Crippen molar-refractivity contribution in [2.45, 2.75) is 10.1 Å². The standard InChI is InChI=1S/C13H16S/c1-14(2,13-10-6-7-11-13)12-8-4-3-5-9-12/h3-11,13H,1-2H3. The lowest BCUT2D eigenvalue weighted by Crippen LogP contribution is -2.10. The van der Waals surface area contributed by atoms with Crippen molar-refractivity contribution in [2.24, 2.45) is 0 Å². The van der Waals surface area contributed by atoms with E-state index in [2.05, 4.69) is 67.1 Å². The summed E-state index contributed by atoms with van der Waals surface area (Å²) >= 11 is 0. The molecule has 14 heavy (non-hydrogen) atoms. The molecule has 1 aliphatic rings. The smallest absolute Gasteiger partial charge is 0.0289 e. The number of hydrogen-bond donors (Lipinski definition) is 0. The molecule has 0 fully saturated rings. The van der Waals surface area contributed by atoms with Crippen LogP contribution in [0.25, 0.3) is 0 Å². The minimum Gasteiger partial charge on any atom is -0.210 e. The molecule has 1 heteroatoms. The van der Waals surface area contributed by atoms with E-state index in [0.717, 1.165) is 0 Å². The van der Waals surface area contributed by atoms with Gasteiger partial charge < -0.3 is 0 Å². The van der Waals surface area contributed by atoms with Crippen molar-refractivity contribution in [2.75, 3.05) is 12.5 Å². The third kappa shape index (κ3) is 1.64. The molecule has 1 aromatic carbocycles. The molecular weight excluding hydrogens is 188 g/mol. The Kier molecular flexibility index (Phi) is 2.51. The maximum Gasteiger partial charge on any atom is 0.0289 e. The molecule has 0 saturated carbocycles. The van der Waals surface area contributed by atoms with E-state index in [1.807, 2.05) is 0 Å². The van der Waals surface area contributed by atoms with Crippen molar-refractivity contribution in [1.82, 2.24) is 0 Å². The van der Waals surface area contributed by atoms with E-state index in [1.165, 1.54) is 4.90 Å². The van der Waals surface area contributed by atoms with E-state index in [0.29, 0.717) is 5.25 Å². The van der Waals surface area contributed by atoms with E-state index in [9.17, 15) is 0 Å². The predicted molar refractivity (Wildman–Crippen MR) is 66.2 cm³/mol. The number of rotatable bonds is 2. The van der Waals surface area contributed by atoms with Gasteiger partial charge in [-0.15, -0.1) is 0 Å². The van der Waals surface area contributed by atoms with Crippen molar-refractivity contribution in [3.8, 4) is 0 Å². The van der Waals surface area contributed by atoms with Crippen LogP contribution in [-0.2, 0) is 0 Å². The quantitative estimate of drug-likeness (QED) is 0.690. The Morgan fingerprint density at radius 3 is 2.07 bits per heavy atom. The summed E-state index contributed by atoms with van der Waals surface area (Å²) in [6.45, 7) is 0. The van der Waals surface area contributed by atoms with E-state index in [1.54, 1.807) is 0 Å². The summed E-state index contributed by atoms with van der Waals surface area (Å²) in [6, 6.07) is 10.8. The van der Waals surface area contributed by atoms with Crippen LogP contribution in [0.5, 0.6) is 0 Å². The molecule has 0 nitrogen and oxygen atoms in total. The molecule has 0 N–H and O–H groups in total. The molecule has 0 radical (unpaired) electrons. The first-order valence-electron chi connectivity index (χ1n) is 4.83. The molecule has 74 valence electrons. The molecule has 0 saturated heterocycles. The third-order valence-electron chi connectivity index (χ3n) is 2.74. The van der Waals surface area contributed by atoms with Gasteiger partial charge in [-0.25, -0.2) is 10.0 Å². The summed E-state index contributed by atoms with van der Waals surface area (Å²) in [5, 5.41) is 0.616. The van der Waals surface area contributed by atoms with E-state index < -0.39 is 10.0 Å². The second kappa shape index (κ2) is 3.66. The van der Waals surface area contributed by atoms with Gasteiger partial charge in [0.1, 0.15) is 0 Å². The van der Waals surface area contributed by atoms with Gasteiger partial charge in [0.2, 0.25) is 0 Å². The fourth-order valence-electron chi connectivity index (χ4n) is 1.73. The van der Waals surface area contributed by atoms with Crippen LogP contribution in [0, 0.1) is 0 Å². The molecule has 0 heterocycles. The molecule has 0 bridgehead atoms. The highest BCUT2D eigenvalue weighted by Gasteiger charge is 2.23. The molecular formula is C13H16S. The van der Waals surface area contributed by atoms with Crippen LogP contribution >= 0.6 is 10.0 Å². The highest BCUT2D eigenvalue weighted by molar-refractivity contribution is 8.33. The van der Waals surface area contributed by atoms with Gasteiger partial charge in [0.15, 0.2) is 0 Å². The summed E-state index contributed by atoms with van der Waals surface area (Å²) in [6.07, 6.45) is 13.7.